The number of likely N-dealkylation sites (tertiary alicyclic amines) is 1. The predicted octanol–water partition coefficient (Wildman–Crippen LogP) is 4.94. The number of amides is 1. The Bertz CT molecular complexity index is 1090. The first-order valence-electron chi connectivity index (χ1n) is 11.4. The van der Waals surface area contributed by atoms with Crippen molar-refractivity contribution in [2.24, 2.45) is 5.92 Å². The van der Waals surface area contributed by atoms with Gasteiger partial charge in [0.1, 0.15) is 11.5 Å². The lowest BCUT2D eigenvalue weighted by Gasteiger charge is -2.41. The van der Waals surface area contributed by atoms with Crippen LogP contribution in [0.3, 0.4) is 0 Å². The molecule has 2 aliphatic heterocycles. The second-order valence-electron chi connectivity index (χ2n) is 8.81. The normalized spacial score (nSPS) is 21.8. The lowest BCUT2D eigenvalue weighted by atomic mass is 9.87. The summed E-state index contributed by atoms with van der Waals surface area (Å²) in [6.07, 6.45) is 6.84. The number of ether oxygens (including phenoxy) is 1. The minimum absolute atomic E-state index is 0.00115. The molecule has 2 saturated heterocycles. The average molecular weight is 434 g/mol. The van der Waals surface area contributed by atoms with Crippen molar-refractivity contribution < 1.29 is 13.9 Å². The Morgan fingerprint density at radius 3 is 2.81 bits per heavy atom. The zero-order valence-corrected chi connectivity index (χ0v) is 18.3. The van der Waals surface area contributed by atoms with E-state index in [2.05, 4.69) is 18.0 Å². The molecule has 3 aromatic rings. The lowest BCUT2D eigenvalue weighted by molar-refractivity contribution is -0.0629. The molecule has 0 N–H and O–H groups in total. The predicted molar refractivity (Wildman–Crippen MR) is 121 cm³/mol. The van der Waals surface area contributed by atoms with Crippen LogP contribution in [0.2, 0.25) is 0 Å². The summed E-state index contributed by atoms with van der Waals surface area (Å²) in [5, 5.41) is 0. The van der Waals surface area contributed by atoms with Crippen molar-refractivity contribution in [3.8, 4) is 11.1 Å². The molecule has 6 heteroatoms. The van der Waals surface area contributed by atoms with Gasteiger partial charge in [-0.2, -0.15) is 0 Å². The van der Waals surface area contributed by atoms with E-state index < -0.39 is 0 Å². The highest BCUT2D eigenvalue weighted by atomic mass is 19.1. The minimum Gasteiger partial charge on any atom is -0.376 e. The van der Waals surface area contributed by atoms with Gasteiger partial charge < -0.3 is 14.2 Å². The second kappa shape index (κ2) is 8.87. The van der Waals surface area contributed by atoms with Gasteiger partial charge in [0.05, 0.1) is 24.7 Å². The molecule has 0 aliphatic carbocycles. The summed E-state index contributed by atoms with van der Waals surface area (Å²) >= 11 is 0. The van der Waals surface area contributed by atoms with Crippen molar-refractivity contribution in [2.75, 3.05) is 19.7 Å². The van der Waals surface area contributed by atoms with E-state index in [0.29, 0.717) is 18.2 Å². The van der Waals surface area contributed by atoms with Crippen LogP contribution in [-0.4, -0.2) is 46.2 Å². The van der Waals surface area contributed by atoms with E-state index in [9.17, 15) is 9.18 Å². The molecular weight excluding hydrogens is 405 g/mol. The first-order valence-corrected chi connectivity index (χ1v) is 11.4. The number of piperidine rings is 1. The number of nitrogens with zero attached hydrogens (tertiary/aromatic N) is 3. The smallest absolute Gasteiger partial charge is 0.272 e. The number of rotatable bonds is 4. The van der Waals surface area contributed by atoms with Crippen molar-refractivity contribution in [2.45, 2.75) is 38.3 Å². The SMILES string of the molecule is C[C@@H](c1ccccc1-c1ccc(F)cc1)n1cncc1C(=O)N1CCC2CCCO[C@@H]2C1. The summed E-state index contributed by atoms with van der Waals surface area (Å²) in [6.45, 7) is 4.26. The molecule has 1 unspecified atom stereocenters. The maximum absolute atomic E-state index is 13.5. The monoisotopic (exact) mass is 433 g/mol. The number of carbonyl (C=O) groups excluding carboxylic acids is 1. The fraction of sp³-hybridized carbons (Fsp3) is 0.385. The topological polar surface area (TPSA) is 47.4 Å². The quantitative estimate of drug-likeness (QED) is 0.586. The van der Waals surface area contributed by atoms with Gasteiger partial charge in [-0.25, -0.2) is 9.37 Å². The fourth-order valence-electron chi connectivity index (χ4n) is 5.09. The number of fused-ring (bicyclic) bond motifs is 1. The van der Waals surface area contributed by atoms with Gasteiger partial charge in [0.25, 0.3) is 5.91 Å². The van der Waals surface area contributed by atoms with Gasteiger partial charge in [-0.05, 0) is 60.9 Å². The molecule has 0 radical (unpaired) electrons. The molecule has 3 atom stereocenters. The van der Waals surface area contributed by atoms with Gasteiger partial charge in [-0.1, -0.05) is 36.4 Å². The zero-order valence-electron chi connectivity index (χ0n) is 18.3. The van der Waals surface area contributed by atoms with Crippen molar-refractivity contribution in [1.29, 1.82) is 0 Å². The van der Waals surface area contributed by atoms with E-state index in [4.69, 9.17) is 4.74 Å². The molecule has 0 saturated carbocycles. The van der Waals surface area contributed by atoms with Crippen LogP contribution in [-0.2, 0) is 4.74 Å². The van der Waals surface area contributed by atoms with Crippen LogP contribution >= 0.6 is 0 Å². The molecular formula is C26H28FN3O2. The highest BCUT2D eigenvalue weighted by Gasteiger charge is 2.35. The number of imidazole rings is 1. The number of carbonyl (C=O) groups is 1. The summed E-state index contributed by atoms with van der Waals surface area (Å²) < 4.78 is 21.3. The maximum Gasteiger partial charge on any atom is 0.272 e. The van der Waals surface area contributed by atoms with Crippen LogP contribution in [0.25, 0.3) is 11.1 Å². The van der Waals surface area contributed by atoms with E-state index in [1.807, 2.05) is 27.7 Å². The molecule has 5 rings (SSSR count). The van der Waals surface area contributed by atoms with Crippen LogP contribution < -0.4 is 0 Å². The molecule has 2 aromatic carbocycles. The third kappa shape index (κ3) is 3.95. The van der Waals surface area contributed by atoms with Crippen molar-refractivity contribution >= 4 is 5.91 Å². The Labute approximate surface area is 187 Å². The molecule has 2 aliphatic rings. The van der Waals surface area contributed by atoms with Gasteiger partial charge in [0.15, 0.2) is 0 Å². The fourth-order valence-corrected chi connectivity index (χ4v) is 5.09. The third-order valence-electron chi connectivity index (χ3n) is 6.90. The molecule has 0 bridgehead atoms. The Kier molecular flexibility index (Phi) is 5.79. The molecule has 5 nitrogen and oxygen atoms in total. The molecule has 32 heavy (non-hydrogen) atoms. The standard InChI is InChI=1S/C26H28FN3O2/c1-18(22-6-2-3-7-23(22)19-8-10-21(27)11-9-19)30-17-28-15-24(30)26(31)29-13-12-20-5-4-14-32-25(20)16-29/h2-3,6-11,15,17-18,20,25H,4-5,12-14,16H2,1H3/t18-,20?,25+/m0/s1. The molecule has 1 aromatic heterocycles. The Morgan fingerprint density at radius 2 is 1.97 bits per heavy atom. The van der Waals surface area contributed by atoms with Crippen molar-refractivity contribution in [3.63, 3.8) is 0 Å². The summed E-state index contributed by atoms with van der Waals surface area (Å²) in [5.41, 5.74) is 3.60. The van der Waals surface area contributed by atoms with E-state index in [1.54, 1.807) is 24.7 Å². The second-order valence-corrected chi connectivity index (χ2v) is 8.81. The third-order valence-corrected chi connectivity index (χ3v) is 6.90. The number of halogens is 1. The van der Waals surface area contributed by atoms with Crippen LogP contribution in [0.15, 0.2) is 61.1 Å². The van der Waals surface area contributed by atoms with E-state index >= 15 is 0 Å². The molecule has 2 fully saturated rings. The minimum atomic E-state index is -0.257. The summed E-state index contributed by atoms with van der Waals surface area (Å²) in [4.78, 5) is 19.7. The van der Waals surface area contributed by atoms with Gasteiger partial charge in [-0.3, -0.25) is 4.79 Å². The Morgan fingerprint density at radius 1 is 1.16 bits per heavy atom. The number of aromatic nitrogens is 2. The first-order chi connectivity index (χ1) is 15.6. The van der Waals surface area contributed by atoms with Crippen LogP contribution in [0, 0.1) is 11.7 Å². The first kappa shape index (κ1) is 20.9. The van der Waals surface area contributed by atoms with Gasteiger partial charge >= 0.3 is 0 Å². The Hall–Kier alpha value is -2.99. The molecule has 166 valence electrons. The van der Waals surface area contributed by atoms with E-state index in [1.165, 1.54) is 18.6 Å². The van der Waals surface area contributed by atoms with E-state index in [-0.39, 0.29) is 23.9 Å². The number of hydrogen-bond acceptors (Lipinski definition) is 3. The van der Waals surface area contributed by atoms with Crippen LogP contribution in [0.5, 0.6) is 0 Å². The average Bonchev–Trinajstić information content (AvgIpc) is 3.33. The van der Waals surface area contributed by atoms with Gasteiger partial charge in [-0.15, -0.1) is 0 Å². The zero-order chi connectivity index (χ0) is 22.1. The summed E-state index contributed by atoms with van der Waals surface area (Å²) in [5.74, 6) is 0.313. The maximum atomic E-state index is 13.5. The summed E-state index contributed by atoms with van der Waals surface area (Å²) in [7, 11) is 0. The van der Waals surface area contributed by atoms with Gasteiger partial charge in [0, 0.05) is 19.7 Å². The highest BCUT2D eigenvalue weighted by Crippen LogP contribution is 2.32. The van der Waals surface area contributed by atoms with E-state index in [0.717, 1.165) is 42.7 Å². The van der Waals surface area contributed by atoms with Crippen LogP contribution in [0.4, 0.5) is 4.39 Å². The largest absolute Gasteiger partial charge is 0.376 e. The van der Waals surface area contributed by atoms with Crippen molar-refractivity contribution in [1.82, 2.24) is 14.5 Å². The number of hydrogen-bond donors (Lipinski definition) is 0. The molecule has 3 heterocycles. The van der Waals surface area contributed by atoms with Crippen LogP contribution in [0.1, 0.15) is 48.3 Å². The highest BCUT2D eigenvalue weighted by molar-refractivity contribution is 5.92. The lowest BCUT2D eigenvalue weighted by Crippen LogP contribution is -2.49. The molecule has 1 amide bonds. The molecule has 0 spiro atoms. The Balaban J connectivity index is 1.41. The summed E-state index contributed by atoms with van der Waals surface area (Å²) in [6, 6.07) is 14.5. The van der Waals surface area contributed by atoms with Gasteiger partial charge in [0.2, 0.25) is 0 Å². The number of benzene rings is 2. The van der Waals surface area contributed by atoms with Crippen molar-refractivity contribution in [3.05, 3.63) is 78.1 Å².